The average molecular weight is 392 g/mol. The summed E-state index contributed by atoms with van der Waals surface area (Å²) in [5, 5.41) is 2.99. The molecule has 2 aromatic rings. The Hall–Kier alpha value is -2.82. The van der Waals surface area contributed by atoms with Crippen molar-refractivity contribution in [3.8, 4) is 16.9 Å². The predicted octanol–water partition coefficient (Wildman–Crippen LogP) is 3.14. The van der Waals surface area contributed by atoms with Gasteiger partial charge in [-0.3, -0.25) is 9.59 Å². The van der Waals surface area contributed by atoms with Crippen molar-refractivity contribution in [3.63, 3.8) is 0 Å². The molecule has 5 heteroatoms. The van der Waals surface area contributed by atoms with E-state index in [-0.39, 0.29) is 23.7 Å². The van der Waals surface area contributed by atoms with Crippen LogP contribution in [0.1, 0.15) is 18.9 Å². The van der Waals surface area contributed by atoms with Crippen molar-refractivity contribution in [2.75, 3.05) is 26.7 Å². The highest BCUT2D eigenvalue weighted by atomic mass is 16.5. The number of carbonyl (C=O) groups excluding carboxylic acids is 2. The zero-order valence-corrected chi connectivity index (χ0v) is 17.1. The van der Waals surface area contributed by atoms with Crippen LogP contribution < -0.4 is 10.1 Å². The molecule has 0 unspecified atom stereocenters. The summed E-state index contributed by atoms with van der Waals surface area (Å²) in [6.07, 6.45) is 1.56. The number of para-hydroxylation sites is 1. The number of nitrogens with one attached hydrogen (secondary N) is 1. The van der Waals surface area contributed by atoms with Gasteiger partial charge in [0.15, 0.2) is 0 Å². The summed E-state index contributed by atoms with van der Waals surface area (Å²) in [6, 6.07) is 16.1. The highest BCUT2D eigenvalue weighted by Gasteiger charge is 2.42. The summed E-state index contributed by atoms with van der Waals surface area (Å²) in [4.78, 5) is 27.4. The van der Waals surface area contributed by atoms with E-state index in [1.165, 1.54) is 0 Å². The molecular formula is C24H28N2O3. The number of benzene rings is 2. The molecule has 1 heterocycles. The Balaban J connectivity index is 1.59. The van der Waals surface area contributed by atoms with E-state index in [0.29, 0.717) is 32.0 Å². The fraction of sp³-hybridized carbons (Fsp3) is 0.417. The van der Waals surface area contributed by atoms with Gasteiger partial charge in [0.1, 0.15) is 5.75 Å². The Morgan fingerprint density at radius 1 is 1.14 bits per heavy atom. The van der Waals surface area contributed by atoms with Gasteiger partial charge in [0.2, 0.25) is 11.8 Å². The highest BCUT2D eigenvalue weighted by molar-refractivity contribution is 5.85. The van der Waals surface area contributed by atoms with Gasteiger partial charge in [-0.1, -0.05) is 49.4 Å². The highest BCUT2D eigenvalue weighted by Crippen LogP contribution is 2.39. The molecular weight excluding hydrogens is 364 g/mol. The molecule has 1 aliphatic heterocycles. The van der Waals surface area contributed by atoms with Crippen molar-refractivity contribution in [2.24, 2.45) is 17.8 Å². The van der Waals surface area contributed by atoms with Crippen molar-refractivity contribution >= 4 is 11.8 Å². The van der Waals surface area contributed by atoms with Gasteiger partial charge in [0, 0.05) is 31.1 Å². The fourth-order valence-electron chi connectivity index (χ4n) is 4.25. The number of hydrogen-bond donors (Lipinski definition) is 1. The van der Waals surface area contributed by atoms with Crippen LogP contribution in [0.4, 0.5) is 0 Å². The summed E-state index contributed by atoms with van der Waals surface area (Å²) >= 11 is 0. The van der Waals surface area contributed by atoms with E-state index in [9.17, 15) is 9.59 Å². The van der Waals surface area contributed by atoms with Crippen LogP contribution in [0.25, 0.3) is 11.1 Å². The van der Waals surface area contributed by atoms with E-state index >= 15 is 0 Å². The Kier molecular flexibility index (Phi) is 5.56. The van der Waals surface area contributed by atoms with E-state index in [1.54, 1.807) is 7.11 Å². The monoisotopic (exact) mass is 392 g/mol. The second kappa shape index (κ2) is 8.27. The molecule has 2 aromatic carbocycles. The van der Waals surface area contributed by atoms with Crippen LogP contribution in [0, 0.1) is 17.8 Å². The van der Waals surface area contributed by atoms with Crippen molar-refractivity contribution in [3.05, 3.63) is 54.1 Å². The molecule has 3 atom stereocenters. The molecule has 152 valence electrons. The maximum absolute atomic E-state index is 12.8. The summed E-state index contributed by atoms with van der Waals surface area (Å²) in [5.74, 6) is 1.40. The molecule has 1 aliphatic carbocycles. The standard InChI is InChI=1S/C24H28N2O3/c1-16-13-21(16)24(28)26-12-11-25-23(27)18(15-26)14-17-7-3-4-8-19(17)20-9-5-6-10-22(20)29-2/h3-10,16,18,21H,11-15H2,1-2H3,(H,25,27)/t16-,18+,21-/m0/s1. The van der Waals surface area contributed by atoms with Gasteiger partial charge in [0.25, 0.3) is 0 Å². The topological polar surface area (TPSA) is 58.6 Å². The zero-order chi connectivity index (χ0) is 20.4. The van der Waals surface area contributed by atoms with Crippen molar-refractivity contribution < 1.29 is 14.3 Å². The number of methoxy groups -OCH3 is 1. The third kappa shape index (κ3) is 4.14. The van der Waals surface area contributed by atoms with Crippen LogP contribution in [0.2, 0.25) is 0 Å². The Morgan fingerprint density at radius 3 is 2.55 bits per heavy atom. The number of amides is 2. The predicted molar refractivity (Wildman–Crippen MR) is 112 cm³/mol. The van der Waals surface area contributed by atoms with Gasteiger partial charge in [-0.25, -0.2) is 0 Å². The van der Waals surface area contributed by atoms with E-state index in [0.717, 1.165) is 28.9 Å². The zero-order valence-electron chi connectivity index (χ0n) is 17.1. The molecule has 1 saturated carbocycles. The van der Waals surface area contributed by atoms with Gasteiger partial charge in [0.05, 0.1) is 13.0 Å². The molecule has 29 heavy (non-hydrogen) atoms. The van der Waals surface area contributed by atoms with Gasteiger partial charge in [-0.05, 0) is 36.0 Å². The second-order valence-electron chi connectivity index (χ2n) is 8.15. The maximum Gasteiger partial charge on any atom is 0.226 e. The number of nitrogens with zero attached hydrogens (tertiary/aromatic N) is 1. The third-order valence-electron chi connectivity index (χ3n) is 6.11. The molecule has 0 radical (unpaired) electrons. The van der Waals surface area contributed by atoms with Crippen LogP contribution >= 0.6 is 0 Å². The van der Waals surface area contributed by atoms with Gasteiger partial charge in [-0.15, -0.1) is 0 Å². The largest absolute Gasteiger partial charge is 0.496 e. The lowest BCUT2D eigenvalue weighted by Crippen LogP contribution is -2.38. The molecule has 0 bridgehead atoms. The van der Waals surface area contributed by atoms with Crippen LogP contribution in [0.15, 0.2) is 48.5 Å². The molecule has 2 aliphatic rings. The molecule has 0 aromatic heterocycles. The molecule has 5 nitrogen and oxygen atoms in total. The minimum absolute atomic E-state index is 0.0268. The molecule has 1 N–H and O–H groups in total. The van der Waals surface area contributed by atoms with Crippen LogP contribution in [0.3, 0.4) is 0 Å². The Labute approximate surface area is 172 Å². The van der Waals surface area contributed by atoms with E-state index in [1.807, 2.05) is 41.3 Å². The Bertz CT molecular complexity index is 911. The molecule has 2 fully saturated rings. The quantitative estimate of drug-likeness (QED) is 0.851. The summed E-state index contributed by atoms with van der Waals surface area (Å²) in [6.45, 7) is 3.72. The van der Waals surface area contributed by atoms with E-state index < -0.39 is 0 Å². The minimum atomic E-state index is -0.258. The van der Waals surface area contributed by atoms with Crippen LogP contribution in [-0.4, -0.2) is 43.5 Å². The second-order valence-corrected chi connectivity index (χ2v) is 8.15. The first kappa shape index (κ1) is 19.5. The number of ether oxygens (including phenoxy) is 1. The summed E-state index contributed by atoms with van der Waals surface area (Å²) in [5.41, 5.74) is 3.17. The number of carbonyl (C=O) groups is 2. The van der Waals surface area contributed by atoms with Crippen molar-refractivity contribution in [2.45, 2.75) is 19.8 Å². The lowest BCUT2D eigenvalue weighted by atomic mass is 9.91. The van der Waals surface area contributed by atoms with Gasteiger partial charge >= 0.3 is 0 Å². The molecule has 4 rings (SSSR count). The molecule has 1 saturated heterocycles. The molecule has 0 spiro atoms. The normalized spacial score (nSPS) is 23.9. The summed E-state index contributed by atoms with van der Waals surface area (Å²) in [7, 11) is 1.67. The first-order chi connectivity index (χ1) is 14.1. The van der Waals surface area contributed by atoms with Crippen molar-refractivity contribution in [1.82, 2.24) is 10.2 Å². The van der Waals surface area contributed by atoms with Gasteiger partial charge < -0.3 is 15.0 Å². The van der Waals surface area contributed by atoms with Crippen LogP contribution in [0.5, 0.6) is 5.75 Å². The van der Waals surface area contributed by atoms with Gasteiger partial charge in [-0.2, -0.15) is 0 Å². The average Bonchev–Trinajstić information content (AvgIpc) is 3.51. The summed E-state index contributed by atoms with van der Waals surface area (Å²) < 4.78 is 5.55. The van der Waals surface area contributed by atoms with E-state index in [2.05, 4.69) is 24.4 Å². The lowest BCUT2D eigenvalue weighted by Gasteiger charge is -2.24. The number of hydrogen-bond acceptors (Lipinski definition) is 3. The lowest BCUT2D eigenvalue weighted by molar-refractivity contribution is -0.133. The SMILES string of the molecule is COc1ccccc1-c1ccccc1C[C@@H]1CN(C(=O)[C@H]2C[C@@H]2C)CCNC1=O. The first-order valence-electron chi connectivity index (χ1n) is 10.4. The third-order valence-corrected chi connectivity index (χ3v) is 6.11. The first-order valence-corrected chi connectivity index (χ1v) is 10.4. The minimum Gasteiger partial charge on any atom is -0.496 e. The smallest absolute Gasteiger partial charge is 0.226 e. The fourth-order valence-corrected chi connectivity index (χ4v) is 4.25. The van der Waals surface area contributed by atoms with Crippen molar-refractivity contribution in [1.29, 1.82) is 0 Å². The maximum atomic E-state index is 12.8. The number of rotatable bonds is 5. The van der Waals surface area contributed by atoms with E-state index in [4.69, 9.17) is 4.74 Å². The Morgan fingerprint density at radius 2 is 1.83 bits per heavy atom. The molecule has 2 amide bonds. The van der Waals surface area contributed by atoms with Crippen LogP contribution in [-0.2, 0) is 16.0 Å².